The molecule has 5 aromatic carbocycles. The van der Waals surface area contributed by atoms with Gasteiger partial charge in [0, 0.05) is 27.8 Å². The van der Waals surface area contributed by atoms with Gasteiger partial charge in [-0.3, -0.25) is 14.5 Å². The first-order valence-electron chi connectivity index (χ1n) is 16.1. The number of aromatic nitrogens is 2. The maximum Gasteiger partial charge on any atom is 0.268 e. The highest BCUT2D eigenvalue weighted by molar-refractivity contribution is 8.02. The Morgan fingerprint density at radius 3 is 2.07 bits per heavy atom. The number of benzene rings is 5. The first kappa shape index (κ1) is 39.9. The van der Waals surface area contributed by atoms with E-state index in [2.05, 4.69) is 24.2 Å². The molecular weight excluding hydrogens is 881 g/mol. The van der Waals surface area contributed by atoms with Crippen molar-refractivity contribution < 1.29 is 21.6 Å². The number of hydrogen-bond donors (Lipinski definition) is 3. The summed E-state index contributed by atoms with van der Waals surface area (Å²) in [7, 11) is -8.50. The number of sulfonamides is 2. The van der Waals surface area contributed by atoms with Crippen molar-refractivity contribution in [3.8, 4) is 22.5 Å². The molecule has 0 saturated heterocycles. The molecule has 1 aromatic heterocycles. The SMILES string of the molecule is O=C(CN(C1=CN(c2ccccc2Cl)NS1)S(=O)(=O)c1c(Cl)cc(Cl)cc1Cl)Nc1ccc(-c2nsc(NS(=O)(=O)c3ccc(-c4ccccc4)cc3)n2)cc1. The van der Waals surface area contributed by atoms with Crippen molar-refractivity contribution in [2.24, 2.45) is 0 Å². The number of halogens is 4. The highest BCUT2D eigenvalue weighted by Crippen LogP contribution is 2.39. The second kappa shape index (κ2) is 16.6. The number of anilines is 3. The lowest BCUT2D eigenvalue weighted by molar-refractivity contribution is -0.116. The van der Waals surface area contributed by atoms with Crippen LogP contribution >= 0.6 is 69.9 Å². The predicted octanol–water partition coefficient (Wildman–Crippen LogP) is 9.39. The minimum atomic E-state index is -4.55. The molecule has 0 saturated carbocycles. The van der Waals surface area contributed by atoms with Gasteiger partial charge in [-0.15, -0.1) is 0 Å². The minimum Gasteiger partial charge on any atom is -0.325 e. The van der Waals surface area contributed by atoms with Crippen LogP contribution in [0.1, 0.15) is 0 Å². The van der Waals surface area contributed by atoms with Crippen molar-refractivity contribution in [1.82, 2.24) is 18.5 Å². The Hall–Kier alpha value is -4.36. The molecule has 1 aliphatic rings. The molecule has 0 fully saturated rings. The van der Waals surface area contributed by atoms with E-state index in [1.165, 1.54) is 35.5 Å². The number of rotatable bonds is 12. The predicted molar refractivity (Wildman–Crippen MR) is 225 cm³/mol. The van der Waals surface area contributed by atoms with Gasteiger partial charge in [-0.25, -0.2) is 21.1 Å². The Labute approximate surface area is 350 Å². The van der Waals surface area contributed by atoms with Gasteiger partial charge in [0.05, 0.1) is 31.9 Å². The van der Waals surface area contributed by atoms with Crippen LogP contribution in [-0.2, 0) is 24.8 Å². The Morgan fingerprint density at radius 1 is 0.768 bits per heavy atom. The molecule has 12 nitrogen and oxygen atoms in total. The van der Waals surface area contributed by atoms with E-state index in [-0.39, 0.29) is 35.9 Å². The number of nitrogens with zero attached hydrogens (tertiary/aromatic N) is 4. The lowest BCUT2D eigenvalue weighted by Gasteiger charge is -2.24. The van der Waals surface area contributed by atoms with Crippen LogP contribution in [0.15, 0.2) is 136 Å². The second-order valence-electron chi connectivity index (χ2n) is 11.7. The van der Waals surface area contributed by atoms with Gasteiger partial charge in [0.15, 0.2) is 5.82 Å². The highest BCUT2D eigenvalue weighted by atomic mass is 35.5. The van der Waals surface area contributed by atoms with Crippen LogP contribution in [0.5, 0.6) is 0 Å². The van der Waals surface area contributed by atoms with Crippen LogP contribution in [0, 0.1) is 0 Å². The first-order valence-corrected chi connectivity index (χ1v) is 22.1. The van der Waals surface area contributed by atoms with Crippen molar-refractivity contribution in [3.63, 3.8) is 0 Å². The Balaban J connectivity index is 1.06. The Kier molecular flexibility index (Phi) is 11.8. The summed E-state index contributed by atoms with van der Waals surface area (Å²) in [6.45, 7) is -0.678. The number of amides is 1. The third kappa shape index (κ3) is 8.78. The molecule has 0 unspecified atom stereocenters. The van der Waals surface area contributed by atoms with E-state index in [1.807, 2.05) is 30.3 Å². The first-order chi connectivity index (χ1) is 26.8. The monoisotopic (exact) mass is 903 g/mol. The third-order valence-corrected chi connectivity index (χ3v) is 14.3. The molecule has 56 heavy (non-hydrogen) atoms. The van der Waals surface area contributed by atoms with Gasteiger partial charge in [0.2, 0.25) is 11.0 Å². The summed E-state index contributed by atoms with van der Waals surface area (Å²) in [6.07, 6.45) is 1.47. The maximum atomic E-state index is 14.2. The van der Waals surface area contributed by atoms with Crippen molar-refractivity contribution in [2.75, 3.05) is 21.6 Å². The Bertz CT molecular complexity index is 2660. The Morgan fingerprint density at radius 2 is 1.39 bits per heavy atom. The van der Waals surface area contributed by atoms with Gasteiger partial charge in [-0.2, -0.15) is 14.2 Å². The zero-order valence-electron chi connectivity index (χ0n) is 28.2. The fourth-order valence-electron chi connectivity index (χ4n) is 5.35. The summed E-state index contributed by atoms with van der Waals surface area (Å²) in [6, 6.07) is 31.9. The van der Waals surface area contributed by atoms with Crippen LogP contribution in [0.2, 0.25) is 20.1 Å². The fourth-order valence-corrected chi connectivity index (χ4v) is 11.3. The van der Waals surface area contributed by atoms with E-state index >= 15 is 0 Å². The van der Waals surface area contributed by atoms with Crippen LogP contribution < -0.4 is 19.9 Å². The lowest BCUT2D eigenvalue weighted by atomic mass is 10.1. The molecule has 0 aliphatic carbocycles. The fraction of sp³-hybridized carbons (Fsp3) is 0.0278. The molecule has 1 amide bonds. The van der Waals surface area contributed by atoms with E-state index in [1.54, 1.807) is 60.7 Å². The van der Waals surface area contributed by atoms with Gasteiger partial charge >= 0.3 is 0 Å². The molecule has 2 heterocycles. The summed E-state index contributed by atoms with van der Waals surface area (Å²) in [5.74, 6) is -0.444. The number of carbonyl (C=O) groups is 1. The minimum absolute atomic E-state index is 0.0633. The van der Waals surface area contributed by atoms with E-state index in [9.17, 15) is 21.6 Å². The number of para-hydroxylation sites is 1. The summed E-state index contributed by atoms with van der Waals surface area (Å²) in [5.41, 5.74) is 3.24. The lowest BCUT2D eigenvalue weighted by Crippen LogP contribution is -2.37. The van der Waals surface area contributed by atoms with Gasteiger partial charge < -0.3 is 5.32 Å². The van der Waals surface area contributed by atoms with Crippen LogP contribution in [0.3, 0.4) is 0 Å². The van der Waals surface area contributed by atoms with E-state index in [0.717, 1.165) is 38.9 Å². The van der Waals surface area contributed by atoms with Crippen LogP contribution in [-0.4, -0.2) is 43.0 Å². The smallest absolute Gasteiger partial charge is 0.268 e. The van der Waals surface area contributed by atoms with Crippen LogP contribution in [0.4, 0.5) is 16.5 Å². The van der Waals surface area contributed by atoms with Crippen molar-refractivity contribution >= 4 is 112 Å². The molecule has 0 spiro atoms. The molecule has 0 bridgehead atoms. The molecule has 3 N–H and O–H groups in total. The molecule has 0 radical (unpaired) electrons. The van der Waals surface area contributed by atoms with Gasteiger partial charge in [-0.1, -0.05) is 101 Å². The zero-order valence-corrected chi connectivity index (χ0v) is 34.5. The summed E-state index contributed by atoms with van der Waals surface area (Å²) >= 11 is 26.9. The summed E-state index contributed by atoms with van der Waals surface area (Å²) < 4.78 is 62.1. The average Bonchev–Trinajstić information content (AvgIpc) is 3.84. The third-order valence-electron chi connectivity index (χ3n) is 7.99. The van der Waals surface area contributed by atoms with Crippen molar-refractivity contribution in [2.45, 2.75) is 9.79 Å². The van der Waals surface area contributed by atoms with Crippen molar-refractivity contribution in [3.05, 3.63) is 147 Å². The van der Waals surface area contributed by atoms with Crippen molar-refractivity contribution in [1.29, 1.82) is 0 Å². The topological polar surface area (TPSA) is 154 Å². The number of nitrogens with one attached hydrogen (secondary N) is 3. The molecular formula is C36H25Cl4N7O5S4. The van der Waals surface area contributed by atoms with Crippen LogP contribution in [0.25, 0.3) is 22.5 Å². The molecule has 7 rings (SSSR count). The summed E-state index contributed by atoms with van der Waals surface area (Å²) in [4.78, 5) is 20.5. The summed E-state index contributed by atoms with van der Waals surface area (Å²) in [5, 5.41) is 4.46. The molecule has 286 valence electrons. The van der Waals surface area contributed by atoms with E-state index < -0.39 is 37.4 Å². The normalized spacial score (nSPS) is 13.0. The molecule has 1 aliphatic heterocycles. The number of hydrazine groups is 1. The van der Waals surface area contributed by atoms with E-state index in [0.29, 0.717) is 22.0 Å². The maximum absolute atomic E-state index is 14.2. The highest BCUT2D eigenvalue weighted by Gasteiger charge is 2.36. The number of hydrogen-bond acceptors (Lipinski definition) is 11. The molecule has 6 aromatic rings. The van der Waals surface area contributed by atoms with E-state index in [4.69, 9.17) is 46.4 Å². The van der Waals surface area contributed by atoms with Gasteiger partial charge in [0.1, 0.15) is 16.5 Å². The standard InChI is InChI=1S/C36H25Cl4N7O5S4/c37-25-18-29(39)34(30(40)19-25)56(51,52)47(33-21-46(45-53-33)31-9-5-4-8-28(31)38)20-32(48)41-26-14-10-24(11-15-26)35-42-36(54-43-35)44-55(49,50)27-16-12-23(13-17-27)22-6-2-1-3-7-22/h1-19,21,45H,20H2,(H,41,48)(H,42,43,44). The van der Waals surface area contributed by atoms with Gasteiger partial charge in [-0.05, 0) is 83.7 Å². The zero-order chi connectivity index (χ0) is 39.6. The average molecular weight is 906 g/mol. The quantitative estimate of drug-likeness (QED) is 0.101. The van der Waals surface area contributed by atoms with Gasteiger partial charge in [0.25, 0.3) is 20.0 Å². The molecule has 20 heteroatoms. The molecule has 0 atom stereocenters. The second-order valence-corrected chi connectivity index (χ2v) is 18.4. The number of carbonyl (C=O) groups excluding carboxylic acids is 1. The largest absolute Gasteiger partial charge is 0.325 e.